The maximum Gasteiger partial charge on any atom is 0.336 e. The van der Waals surface area contributed by atoms with E-state index in [2.05, 4.69) is 20.7 Å². The third-order valence-electron chi connectivity index (χ3n) is 2.77. The van der Waals surface area contributed by atoms with Crippen molar-refractivity contribution in [1.29, 1.82) is 0 Å². The van der Waals surface area contributed by atoms with Crippen LogP contribution in [0.1, 0.15) is 29.8 Å². The first-order chi connectivity index (χ1) is 9.50. The molecule has 0 bridgehead atoms. The SMILES string of the molecule is COCC(C)(C)NS(=O)(=O)c1cc(Br)c(C)c(C(=O)O)c1. The molecule has 2 N–H and O–H groups in total. The van der Waals surface area contributed by atoms with Gasteiger partial charge in [-0.1, -0.05) is 15.9 Å². The van der Waals surface area contributed by atoms with Gasteiger partial charge in [-0.2, -0.15) is 0 Å². The minimum absolute atomic E-state index is 0.0608. The summed E-state index contributed by atoms with van der Waals surface area (Å²) in [5.41, 5.74) is -0.402. The van der Waals surface area contributed by atoms with E-state index < -0.39 is 21.5 Å². The molecule has 21 heavy (non-hydrogen) atoms. The molecule has 1 rings (SSSR count). The van der Waals surface area contributed by atoms with E-state index in [4.69, 9.17) is 9.84 Å². The number of aromatic carboxylic acids is 1. The Morgan fingerprint density at radius 1 is 1.43 bits per heavy atom. The van der Waals surface area contributed by atoms with Gasteiger partial charge in [0.1, 0.15) is 0 Å². The Kier molecular flexibility index (Phi) is 5.54. The molecule has 0 unspecified atom stereocenters. The van der Waals surface area contributed by atoms with Crippen molar-refractivity contribution in [3.05, 3.63) is 27.7 Å². The highest BCUT2D eigenvalue weighted by molar-refractivity contribution is 9.10. The fraction of sp³-hybridized carbons (Fsp3) is 0.462. The Morgan fingerprint density at radius 3 is 2.48 bits per heavy atom. The summed E-state index contributed by atoms with van der Waals surface area (Å²) in [5.74, 6) is -1.18. The maximum absolute atomic E-state index is 12.4. The lowest BCUT2D eigenvalue weighted by Gasteiger charge is -2.25. The van der Waals surface area contributed by atoms with Crippen LogP contribution in [0.4, 0.5) is 0 Å². The van der Waals surface area contributed by atoms with Crippen LogP contribution in [-0.4, -0.2) is 38.7 Å². The van der Waals surface area contributed by atoms with E-state index in [9.17, 15) is 13.2 Å². The van der Waals surface area contributed by atoms with Gasteiger partial charge in [-0.3, -0.25) is 0 Å². The zero-order valence-corrected chi connectivity index (χ0v) is 14.6. The molecule has 0 atom stereocenters. The quantitative estimate of drug-likeness (QED) is 0.789. The topological polar surface area (TPSA) is 92.7 Å². The van der Waals surface area contributed by atoms with Gasteiger partial charge in [0.2, 0.25) is 10.0 Å². The van der Waals surface area contributed by atoms with Crippen LogP contribution in [0.25, 0.3) is 0 Å². The number of benzene rings is 1. The maximum atomic E-state index is 12.4. The first kappa shape index (κ1) is 18.1. The number of hydrogen-bond donors (Lipinski definition) is 2. The summed E-state index contributed by atoms with van der Waals surface area (Å²) in [7, 11) is -2.39. The van der Waals surface area contributed by atoms with Crippen molar-refractivity contribution in [2.75, 3.05) is 13.7 Å². The second kappa shape index (κ2) is 6.43. The van der Waals surface area contributed by atoms with Crippen LogP contribution in [0.5, 0.6) is 0 Å². The molecule has 0 heterocycles. The van der Waals surface area contributed by atoms with Gasteiger partial charge in [-0.05, 0) is 38.5 Å². The molecule has 0 radical (unpaired) electrons. The van der Waals surface area contributed by atoms with Gasteiger partial charge in [-0.25, -0.2) is 17.9 Å². The monoisotopic (exact) mass is 379 g/mol. The minimum Gasteiger partial charge on any atom is -0.478 e. The van der Waals surface area contributed by atoms with Crippen molar-refractivity contribution in [1.82, 2.24) is 4.72 Å². The van der Waals surface area contributed by atoms with Crippen molar-refractivity contribution in [3.8, 4) is 0 Å². The minimum atomic E-state index is -3.86. The molecule has 0 spiro atoms. The number of hydrogen-bond acceptors (Lipinski definition) is 4. The van der Waals surface area contributed by atoms with Crippen LogP contribution < -0.4 is 4.72 Å². The van der Waals surface area contributed by atoms with Gasteiger partial charge < -0.3 is 9.84 Å². The lowest BCUT2D eigenvalue weighted by molar-refractivity contribution is 0.0695. The van der Waals surface area contributed by atoms with Crippen molar-refractivity contribution in [2.24, 2.45) is 0 Å². The predicted molar refractivity (Wildman–Crippen MR) is 82.1 cm³/mol. The van der Waals surface area contributed by atoms with Crippen LogP contribution in [-0.2, 0) is 14.8 Å². The van der Waals surface area contributed by atoms with Crippen LogP contribution in [0.2, 0.25) is 0 Å². The normalized spacial score (nSPS) is 12.4. The average molecular weight is 380 g/mol. The predicted octanol–water partition coefficient (Wildman–Crippen LogP) is 2.16. The number of carboxylic acids is 1. The molecule has 0 saturated carbocycles. The van der Waals surface area contributed by atoms with Crippen molar-refractivity contribution < 1.29 is 23.1 Å². The smallest absolute Gasteiger partial charge is 0.336 e. The van der Waals surface area contributed by atoms with Crippen molar-refractivity contribution in [3.63, 3.8) is 0 Å². The van der Waals surface area contributed by atoms with Gasteiger partial charge in [0.25, 0.3) is 0 Å². The van der Waals surface area contributed by atoms with Crippen LogP contribution >= 0.6 is 15.9 Å². The Bertz CT molecular complexity index is 655. The van der Waals surface area contributed by atoms with Gasteiger partial charge in [-0.15, -0.1) is 0 Å². The first-order valence-electron chi connectivity index (χ1n) is 6.06. The molecular formula is C13H18BrNO5S. The number of ether oxygens (including phenoxy) is 1. The molecular weight excluding hydrogens is 362 g/mol. The summed E-state index contributed by atoms with van der Waals surface area (Å²) < 4.78 is 32.6. The molecule has 6 nitrogen and oxygen atoms in total. The zero-order valence-electron chi connectivity index (χ0n) is 12.2. The fourth-order valence-electron chi connectivity index (χ4n) is 1.84. The Morgan fingerprint density at radius 2 is 2.00 bits per heavy atom. The summed E-state index contributed by atoms with van der Waals surface area (Å²) in [6.45, 7) is 5.14. The van der Waals surface area contributed by atoms with E-state index in [1.807, 2.05) is 0 Å². The standard InChI is InChI=1S/C13H18BrNO5S/c1-8-10(12(16)17)5-9(6-11(8)14)21(18,19)15-13(2,3)7-20-4/h5-6,15H,7H2,1-4H3,(H,16,17). The van der Waals surface area contributed by atoms with Gasteiger partial charge in [0.15, 0.2) is 0 Å². The Labute approximate surface area is 132 Å². The molecule has 1 aromatic carbocycles. The van der Waals surface area contributed by atoms with E-state index in [1.165, 1.54) is 13.2 Å². The lowest BCUT2D eigenvalue weighted by atomic mass is 10.1. The Balaban J connectivity index is 3.30. The molecule has 0 fully saturated rings. The van der Waals surface area contributed by atoms with E-state index in [0.717, 1.165) is 6.07 Å². The average Bonchev–Trinajstić information content (AvgIpc) is 2.30. The second-order valence-corrected chi connectivity index (χ2v) is 7.84. The highest BCUT2D eigenvalue weighted by Crippen LogP contribution is 2.25. The number of carboxylic acid groups (broad SMARTS) is 1. The summed E-state index contributed by atoms with van der Waals surface area (Å²) in [5, 5.41) is 9.14. The molecule has 0 amide bonds. The molecule has 1 aromatic rings. The van der Waals surface area contributed by atoms with Gasteiger partial charge in [0.05, 0.1) is 22.6 Å². The number of carbonyl (C=O) groups is 1. The molecule has 0 saturated heterocycles. The van der Waals surface area contributed by atoms with Crippen LogP contribution in [0.3, 0.4) is 0 Å². The third kappa shape index (κ3) is 4.50. The summed E-state index contributed by atoms with van der Waals surface area (Å²) in [4.78, 5) is 11.1. The van der Waals surface area contributed by atoms with Crippen molar-refractivity contribution >= 4 is 31.9 Å². The lowest BCUT2D eigenvalue weighted by Crippen LogP contribution is -2.46. The molecule has 0 aliphatic rings. The van der Waals surface area contributed by atoms with E-state index in [1.54, 1.807) is 20.8 Å². The summed E-state index contributed by atoms with van der Waals surface area (Å²) >= 11 is 3.19. The largest absolute Gasteiger partial charge is 0.478 e. The molecule has 8 heteroatoms. The van der Waals surface area contributed by atoms with E-state index >= 15 is 0 Å². The van der Waals surface area contributed by atoms with Crippen LogP contribution in [0.15, 0.2) is 21.5 Å². The molecule has 0 aliphatic heterocycles. The van der Waals surface area contributed by atoms with Gasteiger partial charge >= 0.3 is 5.97 Å². The molecule has 0 aromatic heterocycles. The van der Waals surface area contributed by atoms with E-state index in [0.29, 0.717) is 10.0 Å². The number of halogens is 1. The second-order valence-electron chi connectivity index (χ2n) is 5.31. The number of sulfonamides is 1. The first-order valence-corrected chi connectivity index (χ1v) is 8.34. The number of methoxy groups -OCH3 is 1. The third-order valence-corrected chi connectivity index (χ3v) is 5.28. The highest BCUT2D eigenvalue weighted by Gasteiger charge is 2.27. The molecule has 118 valence electrons. The fourth-order valence-corrected chi connectivity index (χ4v) is 3.91. The number of rotatable bonds is 6. The number of nitrogens with one attached hydrogen (secondary N) is 1. The van der Waals surface area contributed by atoms with Gasteiger partial charge in [0, 0.05) is 11.6 Å². The Hall–Kier alpha value is -0.960. The van der Waals surface area contributed by atoms with Crippen molar-refractivity contribution in [2.45, 2.75) is 31.2 Å². The summed E-state index contributed by atoms with van der Waals surface area (Å²) in [6, 6.07) is 2.53. The summed E-state index contributed by atoms with van der Waals surface area (Å²) in [6.07, 6.45) is 0. The van der Waals surface area contributed by atoms with E-state index in [-0.39, 0.29) is 17.1 Å². The molecule has 0 aliphatic carbocycles. The highest BCUT2D eigenvalue weighted by atomic mass is 79.9. The van der Waals surface area contributed by atoms with Crippen LogP contribution in [0, 0.1) is 6.92 Å². The zero-order chi connectivity index (χ0) is 16.4.